The summed E-state index contributed by atoms with van der Waals surface area (Å²) >= 11 is 0. The molecule has 0 aromatic heterocycles. The number of benzene rings is 1. The molecule has 0 aliphatic heterocycles. The summed E-state index contributed by atoms with van der Waals surface area (Å²) in [6.07, 6.45) is 0. The highest BCUT2D eigenvalue weighted by Gasteiger charge is 1.89. The van der Waals surface area contributed by atoms with E-state index in [0.29, 0.717) is 0 Å². The fourth-order valence-electron chi connectivity index (χ4n) is 0.699. The van der Waals surface area contributed by atoms with E-state index in [1.165, 1.54) is 0 Å². The van der Waals surface area contributed by atoms with Gasteiger partial charge in [0.15, 0.2) is 0 Å². The Bertz CT molecular complexity index is 221. The van der Waals surface area contributed by atoms with Crippen LogP contribution in [-0.4, -0.2) is 7.85 Å². The first-order chi connectivity index (χ1) is 5.20. The minimum Gasteiger partial charge on any atom is -0.399 e. The molecule has 1 rings (SSSR count). The van der Waals surface area contributed by atoms with Gasteiger partial charge in [0.1, 0.15) is 7.85 Å². The van der Waals surface area contributed by atoms with E-state index in [4.69, 9.17) is 13.6 Å². The molecule has 11 heavy (non-hydrogen) atoms. The maximum absolute atomic E-state index is 5.53. The van der Waals surface area contributed by atoms with E-state index in [1.807, 2.05) is 32.9 Å². The lowest BCUT2D eigenvalue weighted by Gasteiger charge is -1.98. The molecule has 2 radical (unpaired) electrons. The maximum atomic E-state index is 5.53. The molecular formula is C9H14BN. The highest BCUT2D eigenvalue weighted by atomic mass is 14.5. The molecule has 0 saturated carbocycles. The molecule has 0 aliphatic rings. The summed E-state index contributed by atoms with van der Waals surface area (Å²) in [5.74, 6) is 0. The lowest BCUT2D eigenvalue weighted by molar-refractivity contribution is 1.50. The molecular weight excluding hydrogens is 133 g/mol. The van der Waals surface area contributed by atoms with Gasteiger partial charge in [0.05, 0.1) is 0 Å². The van der Waals surface area contributed by atoms with Crippen molar-refractivity contribution in [2.75, 3.05) is 5.73 Å². The van der Waals surface area contributed by atoms with Gasteiger partial charge in [-0.15, -0.1) is 0 Å². The van der Waals surface area contributed by atoms with Crippen LogP contribution in [0.5, 0.6) is 0 Å². The van der Waals surface area contributed by atoms with Crippen LogP contribution in [0.25, 0.3) is 0 Å². The third kappa shape index (κ3) is 3.12. The van der Waals surface area contributed by atoms with Gasteiger partial charge in [0.25, 0.3) is 0 Å². The smallest absolute Gasteiger partial charge is 0.114 e. The number of hydrogen-bond donors (Lipinski definition) is 1. The fraction of sp³-hybridized carbons (Fsp3) is 0.333. The molecule has 1 aromatic carbocycles. The van der Waals surface area contributed by atoms with Crippen LogP contribution >= 0.6 is 0 Å². The zero-order valence-electron chi connectivity index (χ0n) is 7.39. The molecule has 0 aliphatic carbocycles. The van der Waals surface area contributed by atoms with Gasteiger partial charge in [-0.1, -0.05) is 30.9 Å². The molecule has 2 heteroatoms. The molecule has 0 spiro atoms. The Hall–Kier alpha value is -0.915. The molecule has 1 nitrogen and oxygen atoms in total. The van der Waals surface area contributed by atoms with E-state index in [1.54, 1.807) is 6.07 Å². The van der Waals surface area contributed by atoms with Crippen LogP contribution in [0, 0.1) is 6.92 Å². The molecule has 0 heterocycles. The van der Waals surface area contributed by atoms with Crippen molar-refractivity contribution in [1.82, 2.24) is 0 Å². The summed E-state index contributed by atoms with van der Waals surface area (Å²) in [5.41, 5.74) is 8.07. The lowest BCUT2D eigenvalue weighted by atomic mass is 9.91. The van der Waals surface area contributed by atoms with Crippen LogP contribution in [0.1, 0.15) is 19.4 Å². The van der Waals surface area contributed by atoms with Gasteiger partial charge >= 0.3 is 0 Å². The largest absolute Gasteiger partial charge is 0.399 e. The SMILES string of the molecule is CC.[B]c1ccc(N)cc1C. The fourth-order valence-corrected chi connectivity index (χ4v) is 0.699. The Kier molecular flexibility index (Phi) is 4.43. The van der Waals surface area contributed by atoms with Gasteiger partial charge in [0.2, 0.25) is 0 Å². The van der Waals surface area contributed by atoms with Crippen LogP contribution in [0.4, 0.5) is 5.69 Å². The normalized spacial score (nSPS) is 8.27. The number of nitrogens with two attached hydrogens (primary N) is 1. The number of aryl methyl sites for hydroxylation is 1. The van der Waals surface area contributed by atoms with Gasteiger partial charge in [-0.2, -0.15) is 0 Å². The Morgan fingerprint density at radius 1 is 1.27 bits per heavy atom. The Morgan fingerprint density at radius 3 is 2.18 bits per heavy atom. The molecule has 0 fully saturated rings. The zero-order valence-corrected chi connectivity index (χ0v) is 7.39. The average Bonchev–Trinajstić information content (AvgIpc) is 2.02. The van der Waals surface area contributed by atoms with Gasteiger partial charge in [-0.05, 0) is 19.1 Å². The van der Waals surface area contributed by atoms with E-state index in [2.05, 4.69) is 0 Å². The number of rotatable bonds is 0. The highest BCUT2D eigenvalue weighted by molar-refractivity contribution is 6.33. The third-order valence-electron chi connectivity index (χ3n) is 1.29. The highest BCUT2D eigenvalue weighted by Crippen LogP contribution is 2.00. The van der Waals surface area contributed by atoms with Crippen molar-refractivity contribution < 1.29 is 0 Å². The summed E-state index contributed by atoms with van der Waals surface area (Å²) < 4.78 is 0. The second-order valence-corrected chi connectivity index (χ2v) is 2.12. The van der Waals surface area contributed by atoms with Crippen LogP contribution < -0.4 is 11.2 Å². The summed E-state index contributed by atoms with van der Waals surface area (Å²) in [5, 5.41) is 0. The van der Waals surface area contributed by atoms with Crippen molar-refractivity contribution in [3.8, 4) is 0 Å². The topological polar surface area (TPSA) is 26.0 Å². The van der Waals surface area contributed by atoms with Gasteiger partial charge in [0, 0.05) is 5.69 Å². The maximum Gasteiger partial charge on any atom is 0.114 e. The summed E-state index contributed by atoms with van der Waals surface area (Å²) in [6.45, 7) is 5.94. The van der Waals surface area contributed by atoms with Crippen molar-refractivity contribution in [1.29, 1.82) is 0 Å². The lowest BCUT2D eigenvalue weighted by Crippen LogP contribution is -2.06. The van der Waals surface area contributed by atoms with Crippen molar-refractivity contribution in [3.05, 3.63) is 23.8 Å². The second kappa shape index (κ2) is 4.83. The van der Waals surface area contributed by atoms with Crippen molar-refractivity contribution in [2.24, 2.45) is 0 Å². The summed E-state index contributed by atoms with van der Waals surface area (Å²) in [4.78, 5) is 0. The monoisotopic (exact) mass is 147 g/mol. The predicted octanol–water partition coefficient (Wildman–Crippen LogP) is 1.40. The molecule has 58 valence electrons. The number of anilines is 1. The molecule has 0 saturated heterocycles. The van der Waals surface area contributed by atoms with Crippen LogP contribution in [0.3, 0.4) is 0 Å². The van der Waals surface area contributed by atoms with Crippen molar-refractivity contribution >= 4 is 19.0 Å². The van der Waals surface area contributed by atoms with Gasteiger partial charge in [-0.25, -0.2) is 0 Å². The van der Waals surface area contributed by atoms with Gasteiger partial charge in [-0.3, -0.25) is 0 Å². The standard InChI is InChI=1S/C7H8BN.C2H6/c1-5-4-6(9)2-3-7(5)8;1-2/h2-4H,9H2,1H3;1-2H3. The predicted molar refractivity (Wildman–Crippen MR) is 52.3 cm³/mol. The number of hydrogen-bond acceptors (Lipinski definition) is 1. The first-order valence-electron chi connectivity index (χ1n) is 3.82. The van der Waals surface area contributed by atoms with Crippen LogP contribution in [-0.2, 0) is 0 Å². The van der Waals surface area contributed by atoms with E-state index in [0.717, 1.165) is 16.7 Å². The molecule has 0 unspecified atom stereocenters. The van der Waals surface area contributed by atoms with E-state index < -0.39 is 0 Å². The van der Waals surface area contributed by atoms with Crippen LogP contribution in [0.15, 0.2) is 18.2 Å². The number of nitrogen functional groups attached to an aromatic ring is 1. The second-order valence-electron chi connectivity index (χ2n) is 2.12. The van der Waals surface area contributed by atoms with Gasteiger partial charge < -0.3 is 5.73 Å². The third-order valence-corrected chi connectivity index (χ3v) is 1.29. The summed E-state index contributed by atoms with van der Waals surface area (Å²) in [6, 6.07) is 5.46. The van der Waals surface area contributed by atoms with E-state index in [9.17, 15) is 0 Å². The zero-order chi connectivity index (χ0) is 8.85. The molecule has 2 N–H and O–H groups in total. The van der Waals surface area contributed by atoms with E-state index in [-0.39, 0.29) is 0 Å². The van der Waals surface area contributed by atoms with E-state index >= 15 is 0 Å². The quantitative estimate of drug-likeness (QED) is 0.435. The first-order valence-corrected chi connectivity index (χ1v) is 3.82. The molecule has 1 aromatic rings. The molecule has 0 atom stereocenters. The Balaban J connectivity index is 0.000000461. The first kappa shape index (κ1) is 10.1. The molecule has 0 amide bonds. The van der Waals surface area contributed by atoms with Crippen LogP contribution in [0.2, 0.25) is 0 Å². The minimum absolute atomic E-state index is 0.765. The van der Waals surface area contributed by atoms with Crippen molar-refractivity contribution in [2.45, 2.75) is 20.8 Å². The minimum atomic E-state index is 0.765. The average molecular weight is 147 g/mol. The Labute approximate surface area is 70.0 Å². The van der Waals surface area contributed by atoms with Crippen molar-refractivity contribution in [3.63, 3.8) is 0 Å². The Morgan fingerprint density at radius 2 is 1.82 bits per heavy atom. The summed E-state index contributed by atoms with van der Waals surface area (Å²) in [7, 11) is 5.53. The molecule has 0 bridgehead atoms.